The van der Waals surface area contributed by atoms with Crippen molar-refractivity contribution in [1.29, 1.82) is 0 Å². The fourth-order valence-electron chi connectivity index (χ4n) is 3.16. The summed E-state index contributed by atoms with van der Waals surface area (Å²) in [6.45, 7) is 5.56. The minimum atomic E-state index is 0.684. The molecule has 0 fully saturated rings. The number of nitrogens with one attached hydrogen (secondary N) is 1. The molecule has 0 spiro atoms. The van der Waals surface area contributed by atoms with Crippen LogP contribution in [0.4, 0.5) is 0 Å². The lowest BCUT2D eigenvalue weighted by molar-refractivity contribution is 0.340. The Hall–Kier alpha value is -2.26. The fourth-order valence-corrected chi connectivity index (χ4v) is 3.16. The minimum absolute atomic E-state index is 0.684. The molecule has 3 heteroatoms. The van der Waals surface area contributed by atoms with Gasteiger partial charge in [0.15, 0.2) is 0 Å². The smallest absolute Gasteiger partial charge is 0.120 e. The second-order valence-corrected chi connectivity index (χ2v) is 6.23. The number of H-pyrrole nitrogens is 1. The van der Waals surface area contributed by atoms with Gasteiger partial charge in [0.05, 0.1) is 6.61 Å². The molecule has 3 nitrogen and oxygen atoms in total. The third kappa shape index (κ3) is 3.46. The molecule has 0 saturated heterocycles. The average Bonchev–Trinajstić information content (AvgIpc) is 2.94. The van der Waals surface area contributed by atoms with Crippen LogP contribution < -0.4 is 10.5 Å². The van der Waals surface area contributed by atoms with Gasteiger partial charge in [-0.05, 0) is 69.0 Å². The van der Waals surface area contributed by atoms with E-state index in [4.69, 9.17) is 10.5 Å². The van der Waals surface area contributed by atoms with Crippen molar-refractivity contribution >= 4 is 10.9 Å². The summed E-state index contributed by atoms with van der Waals surface area (Å²) in [7, 11) is 0. The first-order chi connectivity index (χ1) is 11.7. The first kappa shape index (κ1) is 16.6. The summed E-state index contributed by atoms with van der Waals surface area (Å²) >= 11 is 0. The number of hydrogen-bond donors (Lipinski definition) is 2. The van der Waals surface area contributed by atoms with E-state index in [0.717, 1.165) is 37.1 Å². The van der Waals surface area contributed by atoms with E-state index >= 15 is 0 Å². The molecule has 0 unspecified atom stereocenters. The van der Waals surface area contributed by atoms with Crippen molar-refractivity contribution in [2.24, 2.45) is 5.73 Å². The number of hydrogen-bond acceptors (Lipinski definition) is 2. The molecule has 0 bridgehead atoms. The zero-order chi connectivity index (χ0) is 16.9. The molecule has 1 heterocycles. The van der Waals surface area contributed by atoms with Crippen LogP contribution in [-0.2, 0) is 6.42 Å². The molecule has 3 aromatic rings. The maximum absolute atomic E-state index is 5.69. The highest BCUT2D eigenvalue weighted by Gasteiger charge is 2.13. The highest BCUT2D eigenvalue weighted by Crippen LogP contribution is 2.33. The van der Waals surface area contributed by atoms with Crippen LogP contribution in [0.15, 0.2) is 42.5 Å². The van der Waals surface area contributed by atoms with E-state index in [9.17, 15) is 0 Å². The molecule has 0 aliphatic carbocycles. The second-order valence-electron chi connectivity index (χ2n) is 6.23. The minimum Gasteiger partial charge on any atom is -0.494 e. The van der Waals surface area contributed by atoms with Gasteiger partial charge in [0.1, 0.15) is 5.75 Å². The third-order valence-corrected chi connectivity index (χ3v) is 4.41. The van der Waals surface area contributed by atoms with Crippen molar-refractivity contribution in [2.75, 3.05) is 13.2 Å². The molecule has 0 radical (unpaired) electrons. The van der Waals surface area contributed by atoms with Crippen LogP contribution in [0.3, 0.4) is 0 Å². The first-order valence-corrected chi connectivity index (χ1v) is 8.77. The molecule has 0 amide bonds. The Morgan fingerprint density at radius 3 is 2.54 bits per heavy atom. The van der Waals surface area contributed by atoms with Crippen LogP contribution in [0.2, 0.25) is 0 Å². The summed E-state index contributed by atoms with van der Waals surface area (Å²) in [4.78, 5) is 3.61. The van der Waals surface area contributed by atoms with Gasteiger partial charge in [-0.25, -0.2) is 0 Å². The molecule has 3 N–H and O–H groups in total. The summed E-state index contributed by atoms with van der Waals surface area (Å²) in [5.41, 5.74) is 11.9. The number of aromatic amines is 1. The first-order valence-electron chi connectivity index (χ1n) is 8.77. The second kappa shape index (κ2) is 7.54. The Morgan fingerprint density at radius 1 is 1.04 bits per heavy atom. The number of benzene rings is 2. The van der Waals surface area contributed by atoms with Crippen LogP contribution in [0.5, 0.6) is 5.75 Å². The number of rotatable bonds is 7. The molecular formula is C21H26N2O. The van der Waals surface area contributed by atoms with Gasteiger partial charge >= 0.3 is 0 Å². The van der Waals surface area contributed by atoms with E-state index in [1.165, 1.54) is 27.8 Å². The van der Waals surface area contributed by atoms with Gasteiger partial charge in [0, 0.05) is 16.6 Å². The number of unbranched alkanes of at least 4 members (excludes halogenated alkanes) is 1. The van der Waals surface area contributed by atoms with E-state index in [2.05, 4.69) is 48.3 Å². The highest BCUT2D eigenvalue weighted by atomic mass is 16.5. The average molecular weight is 322 g/mol. The van der Waals surface area contributed by atoms with E-state index in [0.29, 0.717) is 6.61 Å². The summed E-state index contributed by atoms with van der Waals surface area (Å²) in [5.74, 6) is 0.930. The standard InChI is InChI=1S/C21H26N2O/c1-3-24-17-11-12-20-19(14-17)18(6-4-5-13-22)21(23-20)16-9-7-15(2)8-10-16/h7-12,14,23H,3-6,13,22H2,1-2H3. The lowest BCUT2D eigenvalue weighted by atomic mass is 9.99. The Kier molecular flexibility index (Phi) is 5.21. The molecule has 24 heavy (non-hydrogen) atoms. The molecule has 3 rings (SSSR count). The van der Waals surface area contributed by atoms with Crippen LogP contribution in [-0.4, -0.2) is 18.1 Å². The van der Waals surface area contributed by atoms with E-state index < -0.39 is 0 Å². The zero-order valence-electron chi connectivity index (χ0n) is 14.6. The van der Waals surface area contributed by atoms with Gasteiger partial charge in [0.25, 0.3) is 0 Å². The van der Waals surface area contributed by atoms with Crippen LogP contribution in [0.25, 0.3) is 22.2 Å². The maximum Gasteiger partial charge on any atom is 0.120 e. The van der Waals surface area contributed by atoms with Gasteiger partial charge in [-0.2, -0.15) is 0 Å². The molecule has 1 aromatic heterocycles. The van der Waals surface area contributed by atoms with Crippen LogP contribution >= 0.6 is 0 Å². The fraction of sp³-hybridized carbons (Fsp3) is 0.333. The number of aromatic nitrogens is 1. The van der Waals surface area contributed by atoms with E-state index in [-0.39, 0.29) is 0 Å². The quantitative estimate of drug-likeness (QED) is 0.612. The normalized spacial score (nSPS) is 11.1. The SMILES string of the molecule is CCOc1ccc2[nH]c(-c3ccc(C)cc3)c(CCCCN)c2c1. The van der Waals surface area contributed by atoms with Gasteiger partial charge in [0.2, 0.25) is 0 Å². The van der Waals surface area contributed by atoms with E-state index in [1.807, 2.05) is 13.0 Å². The molecule has 126 valence electrons. The number of nitrogens with two attached hydrogens (primary N) is 1. The van der Waals surface area contributed by atoms with Crippen LogP contribution in [0.1, 0.15) is 30.9 Å². The largest absolute Gasteiger partial charge is 0.494 e. The summed E-state index contributed by atoms with van der Waals surface area (Å²) in [6, 6.07) is 15.0. The van der Waals surface area contributed by atoms with Crippen molar-refractivity contribution < 1.29 is 4.74 Å². The Balaban J connectivity index is 2.08. The van der Waals surface area contributed by atoms with Gasteiger partial charge in [-0.1, -0.05) is 29.8 Å². The predicted molar refractivity (Wildman–Crippen MR) is 102 cm³/mol. The highest BCUT2D eigenvalue weighted by molar-refractivity contribution is 5.91. The summed E-state index contributed by atoms with van der Waals surface area (Å²) < 4.78 is 5.69. The Labute approximate surface area is 143 Å². The lowest BCUT2D eigenvalue weighted by Crippen LogP contribution is -1.99. The monoisotopic (exact) mass is 322 g/mol. The van der Waals surface area contributed by atoms with Crippen LogP contribution in [0, 0.1) is 6.92 Å². The number of aryl methyl sites for hydroxylation is 2. The summed E-state index contributed by atoms with van der Waals surface area (Å²) in [6.07, 6.45) is 3.17. The Morgan fingerprint density at radius 2 is 1.83 bits per heavy atom. The van der Waals surface area contributed by atoms with Crippen molar-refractivity contribution in [2.45, 2.75) is 33.1 Å². The van der Waals surface area contributed by atoms with Crippen molar-refractivity contribution in [3.05, 3.63) is 53.6 Å². The maximum atomic E-state index is 5.69. The molecular weight excluding hydrogens is 296 g/mol. The molecule has 0 aliphatic rings. The molecule has 2 aromatic carbocycles. The Bertz CT molecular complexity index is 803. The van der Waals surface area contributed by atoms with Crippen molar-refractivity contribution in [3.63, 3.8) is 0 Å². The van der Waals surface area contributed by atoms with Crippen molar-refractivity contribution in [3.8, 4) is 17.0 Å². The molecule has 0 aliphatic heterocycles. The number of fused-ring (bicyclic) bond motifs is 1. The lowest BCUT2D eigenvalue weighted by Gasteiger charge is -2.07. The van der Waals surface area contributed by atoms with Gasteiger partial charge in [-0.3, -0.25) is 0 Å². The summed E-state index contributed by atoms with van der Waals surface area (Å²) in [5, 5.41) is 1.26. The van der Waals surface area contributed by atoms with Gasteiger partial charge in [-0.15, -0.1) is 0 Å². The van der Waals surface area contributed by atoms with E-state index in [1.54, 1.807) is 0 Å². The van der Waals surface area contributed by atoms with Crippen molar-refractivity contribution in [1.82, 2.24) is 4.98 Å². The molecule has 0 atom stereocenters. The van der Waals surface area contributed by atoms with Gasteiger partial charge < -0.3 is 15.5 Å². The third-order valence-electron chi connectivity index (χ3n) is 4.41. The molecule has 0 saturated carbocycles. The topological polar surface area (TPSA) is 51.0 Å². The number of ether oxygens (including phenoxy) is 1. The zero-order valence-corrected chi connectivity index (χ0v) is 14.6. The predicted octanol–water partition coefficient (Wildman–Crippen LogP) is 4.82.